The molecule has 0 atom stereocenters. The first-order valence-corrected chi connectivity index (χ1v) is 9.55. The zero-order chi connectivity index (χ0) is 20.7. The van der Waals surface area contributed by atoms with Gasteiger partial charge in [-0.25, -0.2) is 4.68 Å². The van der Waals surface area contributed by atoms with Crippen molar-refractivity contribution in [3.63, 3.8) is 0 Å². The summed E-state index contributed by atoms with van der Waals surface area (Å²) in [5, 5.41) is 9.67. The van der Waals surface area contributed by atoms with Crippen LogP contribution < -0.4 is 10.6 Å². The number of amides is 1. The van der Waals surface area contributed by atoms with E-state index in [2.05, 4.69) is 10.2 Å². The lowest BCUT2D eigenvalue weighted by atomic mass is 10.1. The molecule has 1 aliphatic heterocycles. The van der Waals surface area contributed by atoms with Crippen LogP contribution >= 0.6 is 23.2 Å². The summed E-state index contributed by atoms with van der Waals surface area (Å²) < 4.78 is 1.40. The number of anilines is 1. The smallest absolute Gasteiger partial charge is 0.280 e. The maximum Gasteiger partial charge on any atom is 0.280 e. The van der Waals surface area contributed by atoms with Crippen LogP contribution in [-0.4, -0.2) is 21.4 Å². The summed E-state index contributed by atoms with van der Waals surface area (Å²) >= 11 is 12.1. The van der Waals surface area contributed by atoms with Crippen LogP contribution in [0.3, 0.4) is 0 Å². The van der Waals surface area contributed by atoms with Crippen LogP contribution in [0.2, 0.25) is 10.0 Å². The summed E-state index contributed by atoms with van der Waals surface area (Å²) in [5.74, 6) is -0.320. The van der Waals surface area contributed by atoms with Gasteiger partial charge in [0.2, 0.25) is 0 Å². The molecule has 0 fully saturated rings. The summed E-state index contributed by atoms with van der Waals surface area (Å²) in [5.41, 5.74) is 2.78. The lowest BCUT2D eigenvalue weighted by molar-refractivity contribution is -0.114. The highest BCUT2D eigenvalue weighted by molar-refractivity contribution is 6.33. The number of aromatic nitrogens is 2. The normalized spacial score (nSPS) is 15.3. The van der Waals surface area contributed by atoms with Crippen molar-refractivity contribution in [1.82, 2.24) is 9.78 Å². The van der Waals surface area contributed by atoms with Crippen molar-refractivity contribution in [2.24, 2.45) is 5.10 Å². The average molecular weight is 427 g/mol. The van der Waals surface area contributed by atoms with E-state index in [1.54, 1.807) is 68.5 Å². The first kappa shape index (κ1) is 19.2. The number of halogens is 2. The van der Waals surface area contributed by atoms with E-state index in [1.165, 1.54) is 9.69 Å². The van der Waals surface area contributed by atoms with Crippen molar-refractivity contribution >= 4 is 46.6 Å². The van der Waals surface area contributed by atoms with Gasteiger partial charge < -0.3 is 0 Å². The Labute approximate surface area is 176 Å². The maximum absolute atomic E-state index is 13.0. The Morgan fingerprint density at radius 2 is 1.59 bits per heavy atom. The molecule has 0 saturated carbocycles. The molecule has 1 aliphatic rings. The van der Waals surface area contributed by atoms with Crippen molar-refractivity contribution in [2.45, 2.75) is 13.8 Å². The van der Waals surface area contributed by atoms with Gasteiger partial charge in [0.25, 0.3) is 11.5 Å². The van der Waals surface area contributed by atoms with Gasteiger partial charge in [0, 0.05) is 15.7 Å². The number of nitrogens with zero attached hydrogens (tertiary/aromatic N) is 3. The van der Waals surface area contributed by atoms with Crippen molar-refractivity contribution in [1.29, 1.82) is 0 Å². The Hall–Kier alpha value is -3.09. The number of aryl methyl sites for hydroxylation is 1. The van der Waals surface area contributed by atoms with Crippen LogP contribution in [0.5, 0.6) is 0 Å². The fourth-order valence-corrected chi connectivity index (χ4v) is 3.51. The lowest BCUT2D eigenvalue weighted by Gasteiger charge is -2.11. The molecule has 0 saturated heterocycles. The number of carbonyl (C=O) groups excluding carboxylic acids is 1. The fourth-order valence-electron chi connectivity index (χ4n) is 3.14. The summed E-state index contributed by atoms with van der Waals surface area (Å²) in [7, 11) is 0. The Balaban J connectivity index is 1.75. The number of rotatable bonds is 3. The minimum absolute atomic E-state index is 0.279. The number of hydrogen-bond donors (Lipinski definition) is 1. The molecule has 29 heavy (non-hydrogen) atoms. The topological polar surface area (TPSA) is 70.5 Å². The molecule has 2 heterocycles. The van der Waals surface area contributed by atoms with E-state index in [-0.39, 0.29) is 11.5 Å². The summed E-state index contributed by atoms with van der Waals surface area (Å²) in [6.07, 6.45) is 1.57. The van der Waals surface area contributed by atoms with Crippen molar-refractivity contribution < 1.29 is 4.79 Å². The quantitative estimate of drug-likeness (QED) is 0.622. The maximum atomic E-state index is 13.0. The van der Waals surface area contributed by atoms with E-state index in [4.69, 9.17) is 23.2 Å². The van der Waals surface area contributed by atoms with Gasteiger partial charge in [0.05, 0.1) is 28.2 Å². The summed E-state index contributed by atoms with van der Waals surface area (Å²) in [6.45, 7) is 3.50. The number of nitrogens with one attached hydrogen (secondary N) is 1. The monoisotopic (exact) mass is 426 g/mol. The first-order chi connectivity index (χ1) is 13.8. The van der Waals surface area contributed by atoms with Gasteiger partial charge in [0.1, 0.15) is 0 Å². The number of benzene rings is 2. The Bertz CT molecular complexity index is 1250. The van der Waals surface area contributed by atoms with E-state index < -0.39 is 0 Å². The Kier molecular flexibility index (Phi) is 4.90. The number of aromatic amines is 1. The standard InChI is InChI=1S/C21H16Cl2N4O2/c1-12-18(20(28)26(24-12)16-7-3-5-14(22)9-16)11-19-13(2)25-27(21(19)29)17-8-4-6-15(23)10-17/h3-11,24H,1-2H3/b19-11-. The fraction of sp³-hybridized carbons (Fsp3) is 0.0952. The van der Waals surface area contributed by atoms with Crippen LogP contribution in [0.4, 0.5) is 5.69 Å². The lowest BCUT2D eigenvalue weighted by Crippen LogP contribution is -2.22. The molecule has 0 unspecified atom stereocenters. The Morgan fingerprint density at radius 3 is 2.24 bits per heavy atom. The van der Waals surface area contributed by atoms with Crippen molar-refractivity contribution in [3.05, 3.63) is 85.8 Å². The largest absolute Gasteiger partial charge is 0.295 e. The second-order valence-electron chi connectivity index (χ2n) is 6.61. The second-order valence-corrected chi connectivity index (χ2v) is 7.48. The summed E-state index contributed by atoms with van der Waals surface area (Å²) in [6, 6.07) is 13.8. The summed E-state index contributed by atoms with van der Waals surface area (Å²) in [4.78, 5) is 25.9. The van der Waals surface area contributed by atoms with E-state index >= 15 is 0 Å². The zero-order valence-corrected chi connectivity index (χ0v) is 17.1. The molecule has 4 rings (SSSR count). The average Bonchev–Trinajstić information content (AvgIpc) is 3.13. The molecule has 0 bridgehead atoms. The number of H-pyrrole nitrogens is 1. The minimum atomic E-state index is -0.320. The molecule has 1 N–H and O–H groups in total. The molecule has 146 valence electrons. The molecule has 2 aromatic carbocycles. The third-order valence-electron chi connectivity index (χ3n) is 4.59. The first-order valence-electron chi connectivity index (χ1n) is 8.80. The SMILES string of the molecule is CC1=NN(c2cccc(Cl)c2)C(=O)/C1=C\c1c(C)[nH]n(-c2cccc(Cl)c2)c1=O. The van der Waals surface area contributed by atoms with Crippen molar-refractivity contribution in [2.75, 3.05) is 5.01 Å². The van der Waals surface area contributed by atoms with Crippen LogP contribution in [0.1, 0.15) is 18.2 Å². The molecule has 1 aromatic heterocycles. The Morgan fingerprint density at radius 1 is 0.966 bits per heavy atom. The molecule has 8 heteroatoms. The molecule has 3 aromatic rings. The van der Waals surface area contributed by atoms with Crippen LogP contribution in [0, 0.1) is 6.92 Å². The second kappa shape index (κ2) is 7.39. The van der Waals surface area contributed by atoms with Gasteiger partial charge in [-0.3, -0.25) is 14.7 Å². The van der Waals surface area contributed by atoms with Crippen LogP contribution in [0.25, 0.3) is 11.8 Å². The molecule has 6 nitrogen and oxygen atoms in total. The zero-order valence-electron chi connectivity index (χ0n) is 15.6. The van der Waals surface area contributed by atoms with Gasteiger partial charge >= 0.3 is 0 Å². The van der Waals surface area contributed by atoms with Gasteiger partial charge in [-0.15, -0.1) is 0 Å². The molecular weight excluding hydrogens is 411 g/mol. The van der Waals surface area contributed by atoms with E-state index in [1.807, 2.05) is 0 Å². The van der Waals surface area contributed by atoms with E-state index in [0.29, 0.717) is 44.0 Å². The van der Waals surface area contributed by atoms with Crippen molar-refractivity contribution in [3.8, 4) is 5.69 Å². The highest BCUT2D eigenvalue weighted by atomic mass is 35.5. The number of carbonyl (C=O) groups is 1. The number of hydrazone groups is 1. The predicted octanol–water partition coefficient (Wildman–Crippen LogP) is 4.59. The molecule has 0 radical (unpaired) electrons. The van der Waals surface area contributed by atoms with Crippen LogP contribution in [0.15, 0.2) is 64.0 Å². The molecule has 0 aliphatic carbocycles. The molecular formula is C21H16Cl2N4O2. The van der Waals surface area contributed by atoms with Gasteiger partial charge in [0.15, 0.2) is 0 Å². The van der Waals surface area contributed by atoms with E-state index in [9.17, 15) is 9.59 Å². The van der Waals surface area contributed by atoms with E-state index in [0.717, 1.165) is 0 Å². The third-order valence-corrected chi connectivity index (χ3v) is 5.06. The van der Waals surface area contributed by atoms with Crippen LogP contribution in [-0.2, 0) is 4.79 Å². The van der Waals surface area contributed by atoms with Gasteiger partial charge in [-0.1, -0.05) is 35.3 Å². The highest BCUT2D eigenvalue weighted by Gasteiger charge is 2.29. The van der Waals surface area contributed by atoms with Gasteiger partial charge in [-0.05, 0) is 56.3 Å². The molecule has 1 amide bonds. The molecule has 0 spiro atoms. The third kappa shape index (κ3) is 3.52. The van der Waals surface area contributed by atoms with Gasteiger partial charge in [-0.2, -0.15) is 10.1 Å². The number of hydrogen-bond acceptors (Lipinski definition) is 3. The highest BCUT2D eigenvalue weighted by Crippen LogP contribution is 2.27. The minimum Gasteiger partial charge on any atom is -0.295 e. The predicted molar refractivity (Wildman–Crippen MR) is 116 cm³/mol.